The summed E-state index contributed by atoms with van der Waals surface area (Å²) >= 11 is 6.02. The van der Waals surface area contributed by atoms with E-state index in [1.54, 1.807) is 6.20 Å². The van der Waals surface area contributed by atoms with Gasteiger partial charge in [-0.1, -0.05) is 35.9 Å². The van der Waals surface area contributed by atoms with Crippen molar-refractivity contribution in [3.63, 3.8) is 0 Å². The van der Waals surface area contributed by atoms with Crippen LogP contribution >= 0.6 is 11.6 Å². The third-order valence-electron chi connectivity index (χ3n) is 6.96. The molecule has 2 aliphatic heterocycles. The van der Waals surface area contributed by atoms with Crippen molar-refractivity contribution >= 4 is 23.5 Å². The predicted molar refractivity (Wildman–Crippen MR) is 139 cm³/mol. The molecule has 0 atom stereocenters. The van der Waals surface area contributed by atoms with E-state index in [0.29, 0.717) is 30.2 Å². The summed E-state index contributed by atoms with van der Waals surface area (Å²) in [4.78, 5) is 17.7. The molecule has 0 spiro atoms. The number of fused-ring (bicyclic) bond motifs is 2. The minimum atomic E-state index is -0.806. The zero-order valence-corrected chi connectivity index (χ0v) is 20.8. The molecule has 2 aromatic carbocycles. The van der Waals surface area contributed by atoms with E-state index in [2.05, 4.69) is 22.0 Å². The van der Waals surface area contributed by atoms with Gasteiger partial charge in [0.15, 0.2) is 6.29 Å². The molecule has 5 rings (SSSR count). The van der Waals surface area contributed by atoms with Crippen molar-refractivity contribution in [3.8, 4) is 11.5 Å². The molecule has 0 bridgehead atoms. The van der Waals surface area contributed by atoms with Gasteiger partial charge < -0.3 is 19.5 Å². The molecular formula is C29H29ClN2O4. The molecule has 7 heteroatoms. The second-order valence-electron chi connectivity index (χ2n) is 9.21. The van der Waals surface area contributed by atoms with E-state index in [1.165, 1.54) is 0 Å². The number of hydrogen-bond acceptors (Lipinski definition) is 6. The summed E-state index contributed by atoms with van der Waals surface area (Å²) in [6.45, 7) is 2.93. The van der Waals surface area contributed by atoms with Crippen molar-refractivity contribution in [1.29, 1.82) is 0 Å². The molecule has 0 saturated carbocycles. The molecule has 0 radical (unpaired) electrons. The molecule has 0 unspecified atom stereocenters. The smallest absolute Gasteiger partial charge is 0.157 e. The number of carbonyl (C=O) groups excluding carboxylic acids is 1. The topological polar surface area (TPSA) is 71.9 Å². The van der Waals surface area contributed by atoms with Gasteiger partial charge >= 0.3 is 0 Å². The van der Waals surface area contributed by atoms with Gasteiger partial charge in [-0.2, -0.15) is 0 Å². The lowest BCUT2D eigenvalue weighted by atomic mass is 9.84. The van der Waals surface area contributed by atoms with Gasteiger partial charge in [-0.3, -0.25) is 9.78 Å². The van der Waals surface area contributed by atoms with Crippen molar-refractivity contribution in [3.05, 3.63) is 94.3 Å². The largest absolute Gasteiger partial charge is 0.487 e. The van der Waals surface area contributed by atoms with Gasteiger partial charge in [0.1, 0.15) is 24.7 Å². The number of ether oxygens (including phenoxy) is 2. The van der Waals surface area contributed by atoms with Crippen molar-refractivity contribution < 1.29 is 19.4 Å². The fourth-order valence-electron chi connectivity index (χ4n) is 4.96. The Morgan fingerprint density at radius 2 is 1.92 bits per heavy atom. The second kappa shape index (κ2) is 10.8. The first-order chi connectivity index (χ1) is 17.6. The number of aldehydes is 1. The van der Waals surface area contributed by atoms with Crippen LogP contribution in [-0.4, -0.2) is 47.5 Å². The van der Waals surface area contributed by atoms with Gasteiger partial charge in [-0.15, -0.1) is 0 Å². The lowest BCUT2D eigenvalue weighted by Crippen LogP contribution is -2.42. The molecule has 36 heavy (non-hydrogen) atoms. The van der Waals surface area contributed by atoms with Crippen molar-refractivity contribution in [2.45, 2.75) is 31.5 Å². The minimum absolute atomic E-state index is 0.00810. The van der Waals surface area contributed by atoms with Gasteiger partial charge in [0.25, 0.3) is 0 Å². The van der Waals surface area contributed by atoms with E-state index in [-0.39, 0.29) is 6.61 Å². The molecule has 186 valence electrons. The minimum Gasteiger partial charge on any atom is -0.487 e. The first-order valence-electron chi connectivity index (χ1n) is 12.2. The first-order valence-corrected chi connectivity index (χ1v) is 12.6. The number of aromatic nitrogens is 1. The van der Waals surface area contributed by atoms with Gasteiger partial charge in [0.05, 0.1) is 11.3 Å². The third-order valence-corrected chi connectivity index (χ3v) is 7.21. The Morgan fingerprint density at radius 1 is 1.11 bits per heavy atom. The molecule has 1 N–H and O–H groups in total. The van der Waals surface area contributed by atoms with Gasteiger partial charge in [-0.25, -0.2) is 0 Å². The predicted octanol–water partition coefficient (Wildman–Crippen LogP) is 5.01. The zero-order valence-electron chi connectivity index (χ0n) is 20.0. The van der Waals surface area contributed by atoms with Crippen LogP contribution in [0.1, 0.15) is 41.6 Å². The van der Waals surface area contributed by atoms with E-state index in [1.807, 2.05) is 48.5 Å². The van der Waals surface area contributed by atoms with Crippen molar-refractivity contribution in [1.82, 2.24) is 9.88 Å². The number of rotatable bonds is 7. The summed E-state index contributed by atoms with van der Waals surface area (Å²) in [6.07, 6.45) is 6.96. The fraction of sp³-hybridized carbons (Fsp3) is 0.310. The van der Waals surface area contributed by atoms with Gasteiger partial charge in [-0.05, 0) is 66.8 Å². The van der Waals surface area contributed by atoms with E-state index in [0.717, 1.165) is 66.0 Å². The number of likely N-dealkylation sites (tertiary alicyclic amines) is 1. The van der Waals surface area contributed by atoms with Crippen LogP contribution in [0.15, 0.2) is 66.9 Å². The number of hydrogen-bond donors (Lipinski definition) is 1. The molecule has 0 aliphatic carbocycles. The highest BCUT2D eigenvalue weighted by Crippen LogP contribution is 2.39. The van der Waals surface area contributed by atoms with E-state index in [4.69, 9.17) is 21.1 Å². The maximum Gasteiger partial charge on any atom is 0.157 e. The Bertz CT molecular complexity index is 1250. The monoisotopic (exact) mass is 504 g/mol. The molecule has 1 saturated heterocycles. The summed E-state index contributed by atoms with van der Waals surface area (Å²) in [6, 6.07) is 17.2. The number of piperidine rings is 1. The molecule has 0 amide bonds. The summed E-state index contributed by atoms with van der Waals surface area (Å²) in [7, 11) is 0. The van der Waals surface area contributed by atoms with Crippen LogP contribution in [0.3, 0.4) is 0 Å². The number of aliphatic hydroxyl groups is 1. The van der Waals surface area contributed by atoms with Gasteiger partial charge in [0, 0.05) is 42.0 Å². The van der Waals surface area contributed by atoms with Gasteiger partial charge in [0.2, 0.25) is 0 Å². The molecule has 1 aromatic heterocycles. The van der Waals surface area contributed by atoms with E-state index >= 15 is 0 Å². The molecule has 2 aliphatic rings. The lowest BCUT2D eigenvalue weighted by molar-refractivity contribution is -0.109. The van der Waals surface area contributed by atoms with Crippen LogP contribution in [0.2, 0.25) is 5.02 Å². The molecule has 6 nitrogen and oxygen atoms in total. The summed E-state index contributed by atoms with van der Waals surface area (Å²) in [5, 5.41) is 11.9. The summed E-state index contributed by atoms with van der Waals surface area (Å²) < 4.78 is 11.6. The van der Waals surface area contributed by atoms with Crippen LogP contribution in [-0.2, 0) is 17.0 Å². The Hall–Kier alpha value is -3.19. The fourth-order valence-corrected chi connectivity index (χ4v) is 5.09. The molecule has 3 aromatic rings. The number of pyridine rings is 1. The summed E-state index contributed by atoms with van der Waals surface area (Å²) in [5.74, 6) is 1.39. The standard InChI is InChI=1S/C29H29ClN2O4/c30-22-7-5-21(6-8-22)29(34)11-15-32(16-12-29)14-2-4-24-25-3-1-13-31-27(25)20-36-28-10-9-23(19-26(24)28)35-18-17-33/h1,3-10,13,17,19,34H,2,11-12,14-16,18,20H2. The van der Waals surface area contributed by atoms with E-state index < -0.39 is 5.60 Å². The average molecular weight is 505 g/mol. The van der Waals surface area contributed by atoms with Crippen LogP contribution in [0.4, 0.5) is 0 Å². The van der Waals surface area contributed by atoms with Crippen LogP contribution in [0, 0.1) is 0 Å². The maximum absolute atomic E-state index is 11.2. The Labute approximate surface area is 216 Å². The first kappa shape index (κ1) is 24.5. The normalized spacial score (nSPS) is 18.0. The highest BCUT2D eigenvalue weighted by Gasteiger charge is 2.33. The Morgan fingerprint density at radius 3 is 2.69 bits per heavy atom. The third kappa shape index (κ3) is 5.31. The zero-order chi connectivity index (χ0) is 25.0. The number of halogens is 1. The Balaban J connectivity index is 1.32. The number of nitrogens with zero attached hydrogens (tertiary/aromatic N) is 2. The lowest BCUT2D eigenvalue weighted by Gasteiger charge is -2.38. The highest BCUT2D eigenvalue weighted by molar-refractivity contribution is 6.30. The van der Waals surface area contributed by atoms with Crippen LogP contribution in [0.25, 0.3) is 5.57 Å². The number of benzene rings is 2. The quantitative estimate of drug-likeness (QED) is 0.456. The maximum atomic E-state index is 11.2. The average Bonchev–Trinajstić information content (AvgIpc) is 3.06. The second-order valence-corrected chi connectivity index (χ2v) is 9.64. The summed E-state index contributed by atoms with van der Waals surface area (Å²) in [5.41, 5.74) is 4.04. The number of carbonyl (C=O) groups is 1. The molecular weight excluding hydrogens is 476 g/mol. The highest BCUT2D eigenvalue weighted by atomic mass is 35.5. The van der Waals surface area contributed by atoms with Crippen LogP contribution < -0.4 is 9.47 Å². The molecule has 1 fully saturated rings. The molecule has 3 heterocycles. The Kier molecular flexibility index (Phi) is 7.37. The SMILES string of the molecule is O=CCOc1ccc2c(c1)C(=CCCN1CCC(O)(c3ccc(Cl)cc3)CC1)c1cccnc1CO2. The van der Waals surface area contributed by atoms with Crippen molar-refractivity contribution in [2.75, 3.05) is 26.2 Å². The van der Waals surface area contributed by atoms with Crippen molar-refractivity contribution in [2.24, 2.45) is 0 Å². The van der Waals surface area contributed by atoms with Crippen LogP contribution in [0.5, 0.6) is 11.5 Å². The van der Waals surface area contributed by atoms with E-state index in [9.17, 15) is 9.90 Å².